The molecule has 2 aliphatic heterocycles. The molecule has 2 fully saturated rings. The van der Waals surface area contributed by atoms with Crippen molar-refractivity contribution >= 4 is 36.4 Å². The molecule has 1 unspecified atom stereocenters. The van der Waals surface area contributed by atoms with Crippen LogP contribution >= 0.6 is 24.8 Å². The van der Waals surface area contributed by atoms with Crippen molar-refractivity contribution in [2.45, 2.75) is 6.92 Å². The normalized spacial score (nSPS) is 19.2. The summed E-state index contributed by atoms with van der Waals surface area (Å²) in [5.74, 6) is 0.673. The molecule has 1 aromatic carbocycles. The summed E-state index contributed by atoms with van der Waals surface area (Å²) in [4.78, 5) is 16.6. The van der Waals surface area contributed by atoms with Gasteiger partial charge in [0, 0.05) is 37.8 Å². The van der Waals surface area contributed by atoms with Gasteiger partial charge in [-0.3, -0.25) is 4.79 Å². The molecule has 1 atom stereocenters. The highest BCUT2D eigenvalue weighted by atomic mass is 35.5. The average Bonchev–Trinajstić information content (AvgIpc) is 2.46. The fraction of sp³-hybridized carbons (Fsp3) is 0.562. The first-order chi connectivity index (χ1) is 10.1. The first kappa shape index (κ1) is 20.0. The van der Waals surface area contributed by atoms with Gasteiger partial charge >= 0.3 is 0 Å². The summed E-state index contributed by atoms with van der Waals surface area (Å²) in [5, 5.41) is 3.22. The van der Waals surface area contributed by atoms with Crippen molar-refractivity contribution in [2.24, 2.45) is 11.8 Å². The summed E-state index contributed by atoms with van der Waals surface area (Å²) in [6.07, 6.45) is 0. The Kier molecular flexibility index (Phi) is 7.58. The highest BCUT2D eigenvalue weighted by Crippen LogP contribution is 2.21. The van der Waals surface area contributed by atoms with Crippen LogP contribution in [0.1, 0.15) is 6.92 Å². The number of hydrogen-bond donors (Lipinski definition) is 1. The Hall–Kier alpha value is -1.04. The third kappa shape index (κ3) is 4.49. The lowest BCUT2D eigenvalue weighted by atomic mass is 9.88. The van der Waals surface area contributed by atoms with E-state index in [0.717, 1.165) is 45.0 Å². The number of rotatable bonds is 3. The fourth-order valence-corrected chi connectivity index (χ4v) is 2.99. The van der Waals surface area contributed by atoms with Crippen LogP contribution in [-0.4, -0.2) is 50.1 Å². The first-order valence-electron chi connectivity index (χ1n) is 7.65. The zero-order chi connectivity index (χ0) is 14.8. The van der Waals surface area contributed by atoms with Gasteiger partial charge < -0.3 is 15.1 Å². The highest BCUT2D eigenvalue weighted by molar-refractivity contribution is 5.85. The number of hydrogen-bond acceptors (Lipinski definition) is 3. The number of amides is 1. The number of benzene rings is 1. The number of nitrogens with zero attached hydrogens (tertiary/aromatic N) is 2. The molecule has 1 amide bonds. The van der Waals surface area contributed by atoms with Gasteiger partial charge in [0.05, 0.1) is 0 Å². The summed E-state index contributed by atoms with van der Waals surface area (Å²) < 4.78 is 12.9. The molecule has 2 heterocycles. The quantitative estimate of drug-likeness (QED) is 0.893. The van der Waals surface area contributed by atoms with E-state index < -0.39 is 0 Å². The molecule has 1 N–H and O–H groups in total. The highest BCUT2D eigenvalue weighted by Gasteiger charge is 2.32. The summed E-state index contributed by atoms with van der Waals surface area (Å²) in [6.45, 7) is 7.09. The minimum absolute atomic E-state index is 0. The number of anilines is 1. The second-order valence-electron chi connectivity index (χ2n) is 6.00. The van der Waals surface area contributed by atoms with Crippen LogP contribution in [0.5, 0.6) is 0 Å². The predicted octanol–water partition coefficient (Wildman–Crippen LogP) is 2.17. The predicted molar refractivity (Wildman–Crippen MR) is 95.2 cm³/mol. The van der Waals surface area contributed by atoms with Crippen molar-refractivity contribution in [3.8, 4) is 0 Å². The van der Waals surface area contributed by atoms with Crippen molar-refractivity contribution in [3.05, 3.63) is 30.1 Å². The standard InChI is InChI=1S/C16H22FN3O.2ClH/c1-12(13-10-18-11-13)16(21)20-8-6-19(7-9-20)15-4-2-14(17)3-5-15;;/h2-5,12-13,18H,6-11H2,1H3;2*1H. The zero-order valence-corrected chi connectivity index (χ0v) is 14.8. The molecule has 0 spiro atoms. The van der Waals surface area contributed by atoms with E-state index in [2.05, 4.69) is 10.2 Å². The number of piperazine rings is 1. The molecule has 2 saturated heterocycles. The summed E-state index contributed by atoms with van der Waals surface area (Å²) >= 11 is 0. The Morgan fingerprint density at radius 1 is 1.13 bits per heavy atom. The smallest absolute Gasteiger partial charge is 0.225 e. The van der Waals surface area contributed by atoms with Gasteiger partial charge in [0.1, 0.15) is 5.82 Å². The first-order valence-corrected chi connectivity index (χ1v) is 7.65. The van der Waals surface area contributed by atoms with E-state index in [-0.39, 0.29) is 42.5 Å². The largest absolute Gasteiger partial charge is 0.368 e. The van der Waals surface area contributed by atoms with Gasteiger partial charge in [-0.1, -0.05) is 6.92 Å². The summed E-state index contributed by atoms with van der Waals surface area (Å²) in [7, 11) is 0. The van der Waals surface area contributed by atoms with Crippen LogP contribution in [0, 0.1) is 17.7 Å². The molecular weight excluding hydrogens is 340 g/mol. The van der Waals surface area contributed by atoms with Crippen molar-refractivity contribution in [1.29, 1.82) is 0 Å². The fourth-order valence-electron chi connectivity index (χ4n) is 2.99. The van der Waals surface area contributed by atoms with Crippen LogP contribution in [0.4, 0.5) is 10.1 Å². The number of nitrogens with one attached hydrogen (secondary N) is 1. The van der Waals surface area contributed by atoms with Crippen LogP contribution in [0.3, 0.4) is 0 Å². The third-order valence-corrected chi connectivity index (χ3v) is 4.69. The van der Waals surface area contributed by atoms with E-state index in [1.54, 1.807) is 12.1 Å². The Morgan fingerprint density at radius 2 is 1.70 bits per heavy atom. The molecule has 7 heteroatoms. The molecule has 0 radical (unpaired) electrons. The van der Waals surface area contributed by atoms with Crippen molar-refractivity contribution in [1.82, 2.24) is 10.2 Å². The van der Waals surface area contributed by atoms with Crippen molar-refractivity contribution < 1.29 is 9.18 Å². The van der Waals surface area contributed by atoms with Gasteiger partial charge in [-0.15, -0.1) is 24.8 Å². The maximum Gasteiger partial charge on any atom is 0.225 e. The monoisotopic (exact) mass is 363 g/mol. The second kappa shape index (κ2) is 8.71. The third-order valence-electron chi connectivity index (χ3n) is 4.69. The Morgan fingerprint density at radius 3 is 2.17 bits per heavy atom. The number of carbonyl (C=O) groups is 1. The van der Waals surface area contributed by atoms with E-state index >= 15 is 0 Å². The molecule has 4 nitrogen and oxygen atoms in total. The van der Waals surface area contributed by atoms with Crippen LogP contribution < -0.4 is 10.2 Å². The van der Waals surface area contributed by atoms with Gasteiger partial charge in [0.15, 0.2) is 0 Å². The average molecular weight is 364 g/mol. The Bertz CT molecular complexity index is 503. The van der Waals surface area contributed by atoms with E-state index in [0.29, 0.717) is 5.92 Å². The van der Waals surface area contributed by atoms with Crippen molar-refractivity contribution in [3.63, 3.8) is 0 Å². The Balaban J connectivity index is 0.00000132. The molecule has 1 aromatic rings. The second-order valence-corrected chi connectivity index (χ2v) is 6.00. The molecule has 2 aliphatic rings. The molecule has 0 aliphatic carbocycles. The minimum Gasteiger partial charge on any atom is -0.368 e. The Labute approximate surface area is 149 Å². The molecule has 0 bridgehead atoms. The number of carbonyl (C=O) groups excluding carboxylic acids is 1. The zero-order valence-electron chi connectivity index (χ0n) is 13.2. The number of halogens is 3. The molecule has 130 valence electrons. The SMILES string of the molecule is CC(C(=O)N1CCN(c2ccc(F)cc2)CC1)C1CNC1.Cl.Cl. The lowest BCUT2D eigenvalue weighted by Gasteiger charge is -2.40. The topological polar surface area (TPSA) is 35.6 Å². The van der Waals surface area contributed by atoms with Gasteiger partial charge in [-0.25, -0.2) is 4.39 Å². The maximum atomic E-state index is 12.9. The van der Waals surface area contributed by atoms with Crippen LogP contribution in [0.25, 0.3) is 0 Å². The molecule has 23 heavy (non-hydrogen) atoms. The minimum atomic E-state index is -0.213. The molecule has 0 aromatic heterocycles. The van der Waals surface area contributed by atoms with Crippen LogP contribution in [0.2, 0.25) is 0 Å². The van der Waals surface area contributed by atoms with Gasteiger partial charge in [-0.2, -0.15) is 0 Å². The van der Waals surface area contributed by atoms with Crippen LogP contribution in [0.15, 0.2) is 24.3 Å². The van der Waals surface area contributed by atoms with E-state index in [9.17, 15) is 9.18 Å². The lowest BCUT2D eigenvalue weighted by molar-refractivity contribution is -0.137. The lowest BCUT2D eigenvalue weighted by Crippen LogP contribution is -2.54. The van der Waals surface area contributed by atoms with Crippen LogP contribution in [-0.2, 0) is 4.79 Å². The van der Waals surface area contributed by atoms with Gasteiger partial charge in [0.25, 0.3) is 0 Å². The summed E-state index contributed by atoms with van der Waals surface area (Å²) in [6, 6.07) is 6.57. The van der Waals surface area contributed by atoms with Gasteiger partial charge in [-0.05, 0) is 43.3 Å². The molecule has 0 saturated carbocycles. The van der Waals surface area contributed by atoms with Gasteiger partial charge in [0.2, 0.25) is 5.91 Å². The van der Waals surface area contributed by atoms with E-state index in [1.807, 2.05) is 11.8 Å². The summed E-state index contributed by atoms with van der Waals surface area (Å²) in [5.41, 5.74) is 1.03. The molecule has 3 rings (SSSR count). The molecular formula is C16H24Cl2FN3O. The van der Waals surface area contributed by atoms with E-state index in [1.165, 1.54) is 12.1 Å². The van der Waals surface area contributed by atoms with E-state index in [4.69, 9.17) is 0 Å². The maximum absolute atomic E-state index is 12.9. The van der Waals surface area contributed by atoms with Crippen molar-refractivity contribution in [2.75, 3.05) is 44.2 Å².